The van der Waals surface area contributed by atoms with Crippen molar-refractivity contribution in [1.29, 1.82) is 0 Å². The number of aromatic nitrogens is 1. The molecule has 2 rings (SSSR count). The molecule has 0 atom stereocenters. The molecule has 0 saturated carbocycles. The third kappa shape index (κ3) is 4.62. The highest BCUT2D eigenvalue weighted by molar-refractivity contribution is 5.68. The van der Waals surface area contributed by atoms with Crippen LogP contribution in [-0.4, -0.2) is 34.7 Å². The van der Waals surface area contributed by atoms with Crippen molar-refractivity contribution in [3.8, 4) is 0 Å². The van der Waals surface area contributed by atoms with Crippen LogP contribution < -0.4 is 5.73 Å². The van der Waals surface area contributed by atoms with Crippen molar-refractivity contribution in [1.82, 2.24) is 9.88 Å². The molecule has 1 aliphatic heterocycles. The van der Waals surface area contributed by atoms with Crippen molar-refractivity contribution in [2.24, 2.45) is 5.92 Å². The lowest BCUT2D eigenvalue weighted by atomic mass is 9.92. The third-order valence-electron chi connectivity index (χ3n) is 3.67. The number of nitrogens with two attached hydrogens (primary N) is 1. The van der Waals surface area contributed by atoms with Gasteiger partial charge in [-0.3, -0.25) is 4.98 Å². The van der Waals surface area contributed by atoms with E-state index in [1.54, 1.807) is 11.1 Å². The number of rotatable bonds is 2. The average molecular weight is 291 g/mol. The molecule has 2 heterocycles. The summed E-state index contributed by atoms with van der Waals surface area (Å²) >= 11 is 0. The van der Waals surface area contributed by atoms with E-state index >= 15 is 0 Å². The monoisotopic (exact) mass is 291 g/mol. The van der Waals surface area contributed by atoms with Crippen LogP contribution in [0.1, 0.15) is 39.3 Å². The van der Waals surface area contributed by atoms with E-state index in [0.29, 0.717) is 5.92 Å². The molecule has 0 bridgehead atoms. The summed E-state index contributed by atoms with van der Waals surface area (Å²) in [5, 5.41) is 0. The number of pyridine rings is 1. The Bertz CT molecular complexity index is 489. The molecule has 1 aliphatic rings. The fourth-order valence-corrected chi connectivity index (χ4v) is 2.54. The molecule has 0 unspecified atom stereocenters. The van der Waals surface area contributed by atoms with E-state index in [0.717, 1.165) is 43.7 Å². The first kappa shape index (κ1) is 15.6. The number of anilines is 1. The molecule has 1 aromatic rings. The van der Waals surface area contributed by atoms with Crippen LogP contribution in [0.2, 0.25) is 0 Å². The predicted octanol–water partition coefficient (Wildman–Crippen LogP) is 2.85. The molecule has 0 aromatic carbocycles. The van der Waals surface area contributed by atoms with Gasteiger partial charge in [0.25, 0.3) is 0 Å². The molecule has 5 heteroatoms. The molecule has 5 nitrogen and oxygen atoms in total. The van der Waals surface area contributed by atoms with Gasteiger partial charge in [-0.1, -0.05) is 0 Å². The van der Waals surface area contributed by atoms with Gasteiger partial charge in [-0.15, -0.1) is 0 Å². The van der Waals surface area contributed by atoms with Gasteiger partial charge in [0.05, 0.1) is 11.4 Å². The third-order valence-corrected chi connectivity index (χ3v) is 3.67. The highest BCUT2D eigenvalue weighted by Crippen LogP contribution is 2.24. The summed E-state index contributed by atoms with van der Waals surface area (Å²) < 4.78 is 5.40. The van der Waals surface area contributed by atoms with E-state index < -0.39 is 5.60 Å². The summed E-state index contributed by atoms with van der Waals surface area (Å²) in [5.74, 6) is 0.529. The van der Waals surface area contributed by atoms with Crippen molar-refractivity contribution in [3.05, 3.63) is 24.0 Å². The number of nitrogen functional groups attached to an aromatic ring is 1. The quantitative estimate of drug-likeness (QED) is 0.909. The highest BCUT2D eigenvalue weighted by atomic mass is 16.6. The van der Waals surface area contributed by atoms with E-state index in [4.69, 9.17) is 10.5 Å². The van der Waals surface area contributed by atoms with Gasteiger partial charge in [0.15, 0.2) is 0 Å². The van der Waals surface area contributed by atoms with Gasteiger partial charge in [-0.05, 0) is 58.1 Å². The van der Waals surface area contributed by atoms with Crippen LogP contribution in [0.15, 0.2) is 18.3 Å². The molecular formula is C16H25N3O2. The molecule has 0 spiro atoms. The van der Waals surface area contributed by atoms with E-state index in [2.05, 4.69) is 4.98 Å². The fourth-order valence-electron chi connectivity index (χ4n) is 2.54. The average Bonchev–Trinajstić information content (AvgIpc) is 2.40. The normalized spacial score (nSPS) is 16.8. The highest BCUT2D eigenvalue weighted by Gasteiger charge is 2.27. The first-order valence-corrected chi connectivity index (χ1v) is 7.52. The van der Waals surface area contributed by atoms with Crippen molar-refractivity contribution in [2.45, 2.75) is 45.6 Å². The first-order chi connectivity index (χ1) is 9.85. The van der Waals surface area contributed by atoms with Crippen molar-refractivity contribution in [2.75, 3.05) is 18.8 Å². The minimum Gasteiger partial charge on any atom is -0.444 e. The zero-order valence-corrected chi connectivity index (χ0v) is 13.1. The van der Waals surface area contributed by atoms with Crippen LogP contribution in [0, 0.1) is 5.92 Å². The number of nitrogens with zero attached hydrogens (tertiary/aromatic N) is 2. The van der Waals surface area contributed by atoms with Gasteiger partial charge in [0.1, 0.15) is 5.60 Å². The maximum absolute atomic E-state index is 12.0. The minimum absolute atomic E-state index is 0.210. The van der Waals surface area contributed by atoms with Crippen molar-refractivity contribution in [3.63, 3.8) is 0 Å². The SMILES string of the molecule is CC(C)(C)OC(=O)N1CCC(Cc2ncccc2N)CC1. The van der Waals surface area contributed by atoms with Gasteiger partial charge < -0.3 is 15.4 Å². The summed E-state index contributed by atoms with van der Waals surface area (Å²) in [6, 6.07) is 3.74. The molecule has 1 saturated heterocycles. The molecule has 21 heavy (non-hydrogen) atoms. The molecule has 0 radical (unpaired) electrons. The maximum Gasteiger partial charge on any atom is 0.410 e. The Hall–Kier alpha value is -1.78. The van der Waals surface area contributed by atoms with Crippen LogP contribution in [0.25, 0.3) is 0 Å². The van der Waals surface area contributed by atoms with E-state index in [-0.39, 0.29) is 6.09 Å². The summed E-state index contributed by atoms with van der Waals surface area (Å²) in [4.78, 5) is 18.1. The lowest BCUT2D eigenvalue weighted by Crippen LogP contribution is -2.42. The van der Waals surface area contributed by atoms with Crippen LogP contribution in [-0.2, 0) is 11.2 Å². The molecule has 116 valence electrons. The summed E-state index contributed by atoms with van der Waals surface area (Å²) in [7, 11) is 0. The standard InChI is InChI=1S/C16H25N3O2/c1-16(2,3)21-15(20)19-9-6-12(7-10-19)11-14-13(17)5-4-8-18-14/h4-5,8,12H,6-7,9-11,17H2,1-3H3. The second kappa shape index (κ2) is 6.33. The Morgan fingerprint density at radius 3 is 2.67 bits per heavy atom. The number of amides is 1. The van der Waals surface area contributed by atoms with Gasteiger partial charge in [0, 0.05) is 19.3 Å². The molecule has 2 N–H and O–H groups in total. The maximum atomic E-state index is 12.0. The Balaban J connectivity index is 1.83. The second-order valence-electron chi connectivity index (χ2n) is 6.65. The topological polar surface area (TPSA) is 68.5 Å². The zero-order chi connectivity index (χ0) is 15.5. The van der Waals surface area contributed by atoms with Crippen LogP contribution >= 0.6 is 0 Å². The van der Waals surface area contributed by atoms with Gasteiger partial charge in [-0.2, -0.15) is 0 Å². The smallest absolute Gasteiger partial charge is 0.410 e. The van der Waals surface area contributed by atoms with Crippen molar-refractivity contribution < 1.29 is 9.53 Å². The van der Waals surface area contributed by atoms with Crippen LogP contribution in [0.5, 0.6) is 0 Å². The van der Waals surface area contributed by atoms with Gasteiger partial charge in [0.2, 0.25) is 0 Å². The summed E-state index contributed by atoms with van der Waals surface area (Å²) in [6.45, 7) is 7.16. The Morgan fingerprint density at radius 2 is 2.10 bits per heavy atom. The number of hydrogen-bond acceptors (Lipinski definition) is 4. The first-order valence-electron chi connectivity index (χ1n) is 7.52. The number of carbonyl (C=O) groups excluding carboxylic acids is 1. The second-order valence-corrected chi connectivity index (χ2v) is 6.65. The molecule has 0 aliphatic carbocycles. The number of carbonyl (C=O) groups is 1. The minimum atomic E-state index is -0.434. The summed E-state index contributed by atoms with van der Waals surface area (Å²) in [6.07, 6.45) is 4.39. The van der Waals surface area contributed by atoms with Gasteiger partial charge in [-0.25, -0.2) is 4.79 Å². The van der Waals surface area contributed by atoms with Crippen LogP contribution in [0.4, 0.5) is 10.5 Å². The Kier molecular flexibility index (Phi) is 4.70. The number of piperidine rings is 1. The zero-order valence-electron chi connectivity index (χ0n) is 13.1. The predicted molar refractivity (Wildman–Crippen MR) is 82.9 cm³/mol. The number of likely N-dealkylation sites (tertiary alicyclic amines) is 1. The lowest BCUT2D eigenvalue weighted by Gasteiger charge is -2.33. The van der Waals surface area contributed by atoms with Crippen molar-refractivity contribution >= 4 is 11.8 Å². The van der Waals surface area contributed by atoms with Gasteiger partial charge >= 0.3 is 6.09 Å². The van der Waals surface area contributed by atoms with E-state index in [1.165, 1.54) is 0 Å². The van der Waals surface area contributed by atoms with Crippen LogP contribution in [0.3, 0.4) is 0 Å². The number of hydrogen-bond donors (Lipinski definition) is 1. The van der Waals surface area contributed by atoms with E-state index in [1.807, 2.05) is 32.9 Å². The molecule has 1 fully saturated rings. The van der Waals surface area contributed by atoms with E-state index in [9.17, 15) is 4.79 Å². The molecule has 1 aromatic heterocycles. The molecule has 1 amide bonds. The Labute approximate surface area is 126 Å². The number of ether oxygens (including phenoxy) is 1. The molecular weight excluding hydrogens is 266 g/mol. The fraction of sp³-hybridized carbons (Fsp3) is 0.625. The summed E-state index contributed by atoms with van der Waals surface area (Å²) in [5.41, 5.74) is 7.22. The Morgan fingerprint density at radius 1 is 1.43 bits per heavy atom. The lowest BCUT2D eigenvalue weighted by molar-refractivity contribution is 0.0184. The largest absolute Gasteiger partial charge is 0.444 e.